The highest BCUT2D eigenvalue weighted by Gasteiger charge is 2.46. The average molecular weight is 659 g/mol. The normalized spacial score (nSPS) is 23.1. The van der Waals surface area contributed by atoms with E-state index in [-0.39, 0.29) is 18.5 Å². The molecule has 2 aromatic rings. The second-order valence-electron chi connectivity index (χ2n) is 15.0. The minimum absolute atomic E-state index is 0.0398. The maximum atomic E-state index is 14.1. The number of aliphatic hydroxyl groups is 1. The van der Waals surface area contributed by atoms with Gasteiger partial charge in [0.15, 0.2) is 9.84 Å². The molecule has 4 rings (SSSR count). The number of rotatable bonds is 12. The van der Waals surface area contributed by atoms with Crippen LogP contribution >= 0.6 is 0 Å². The fourth-order valence-electron chi connectivity index (χ4n) is 6.87. The van der Waals surface area contributed by atoms with Crippen molar-refractivity contribution < 1.29 is 27.5 Å². The van der Waals surface area contributed by atoms with Crippen LogP contribution in [-0.4, -0.2) is 84.1 Å². The number of carbonyl (C=O) groups is 2. The van der Waals surface area contributed by atoms with Gasteiger partial charge in [0.1, 0.15) is 11.8 Å². The highest BCUT2D eigenvalue weighted by molar-refractivity contribution is 7.92. The topological polar surface area (TPSA) is 141 Å². The summed E-state index contributed by atoms with van der Waals surface area (Å²) < 4.78 is 29.8. The Kier molecular flexibility index (Phi) is 11.3. The van der Waals surface area contributed by atoms with E-state index < -0.39 is 44.2 Å². The number of β-amino-alcohol motifs (C(OH)–C–C–N with tert-alkyl or cyclic N) is 1. The minimum Gasteiger partial charge on any atom is -0.467 e. The van der Waals surface area contributed by atoms with Crippen LogP contribution in [0.15, 0.2) is 47.1 Å². The van der Waals surface area contributed by atoms with Gasteiger partial charge in [0.05, 0.1) is 34.9 Å². The zero-order valence-electron chi connectivity index (χ0n) is 28.5. The third-order valence-corrected chi connectivity index (χ3v) is 12.0. The lowest BCUT2D eigenvalue weighted by Gasteiger charge is -2.47. The van der Waals surface area contributed by atoms with Crippen molar-refractivity contribution in [3.63, 3.8) is 0 Å². The van der Waals surface area contributed by atoms with Gasteiger partial charge in [-0.05, 0) is 84.3 Å². The Morgan fingerprint density at radius 1 is 1.04 bits per heavy atom. The molecule has 1 aliphatic carbocycles. The highest BCUT2D eigenvalue weighted by atomic mass is 32.2. The number of nitrogens with zero attached hydrogens (tertiary/aromatic N) is 1. The lowest BCUT2D eigenvalue weighted by atomic mass is 9.72. The zero-order chi connectivity index (χ0) is 33.9. The molecule has 0 radical (unpaired) electrons. The van der Waals surface area contributed by atoms with Crippen LogP contribution in [0.3, 0.4) is 0 Å². The number of likely N-dealkylation sites (tertiary alicyclic amines) is 1. The van der Waals surface area contributed by atoms with E-state index in [4.69, 9.17) is 4.42 Å². The summed E-state index contributed by atoms with van der Waals surface area (Å²) in [6.45, 7) is 11.6. The van der Waals surface area contributed by atoms with Crippen molar-refractivity contribution in [1.29, 1.82) is 0 Å². The molecule has 1 aromatic heterocycles. The summed E-state index contributed by atoms with van der Waals surface area (Å²) >= 11 is 0. The Morgan fingerprint density at radius 3 is 2.28 bits per heavy atom. The fraction of sp³-hybridized carbons (Fsp3) is 0.657. The fourth-order valence-corrected chi connectivity index (χ4v) is 7.47. The predicted octanol–water partition coefficient (Wildman–Crippen LogP) is 4.08. The molecule has 10 nitrogen and oxygen atoms in total. The summed E-state index contributed by atoms with van der Waals surface area (Å²) in [5.41, 5.74) is 1.04. The lowest BCUT2D eigenvalue weighted by molar-refractivity contribution is -0.133. The van der Waals surface area contributed by atoms with Crippen molar-refractivity contribution in [2.24, 2.45) is 11.8 Å². The number of amides is 2. The number of nitrogens with one attached hydrogen (secondary N) is 3. The van der Waals surface area contributed by atoms with Crippen LogP contribution in [0.5, 0.6) is 0 Å². The average Bonchev–Trinajstić information content (AvgIpc) is 3.38. The SMILES string of the molecule is Cc1occc1N[C@H](C(=O)N[C@@H](Cc1ccccc1)[C@H](O)CN1C[C@H]2CCCC[C@H]2C[C@H]1C(=O)NC(C)(C)C)C(C)(C)S(C)(=O)=O. The molecule has 2 aliphatic rings. The van der Waals surface area contributed by atoms with Gasteiger partial charge in [-0.15, -0.1) is 0 Å². The van der Waals surface area contributed by atoms with Crippen molar-refractivity contribution >= 4 is 27.3 Å². The third kappa shape index (κ3) is 8.92. The number of piperidine rings is 1. The largest absolute Gasteiger partial charge is 0.467 e. The van der Waals surface area contributed by atoms with Crippen LogP contribution in [-0.2, 0) is 25.8 Å². The summed E-state index contributed by atoms with van der Waals surface area (Å²) in [6.07, 6.45) is 7.20. The lowest BCUT2D eigenvalue weighted by Crippen LogP contribution is -2.62. The first-order valence-corrected chi connectivity index (χ1v) is 18.4. The van der Waals surface area contributed by atoms with Gasteiger partial charge in [0.25, 0.3) is 0 Å². The molecule has 1 aliphatic heterocycles. The Hall–Kier alpha value is -2.89. The molecular weight excluding hydrogens is 604 g/mol. The van der Waals surface area contributed by atoms with E-state index in [2.05, 4.69) is 20.9 Å². The number of furan rings is 1. The van der Waals surface area contributed by atoms with Crippen molar-refractivity contribution in [1.82, 2.24) is 15.5 Å². The molecule has 11 heteroatoms. The first-order valence-electron chi connectivity index (χ1n) is 16.5. The summed E-state index contributed by atoms with van der Waals surface area (Å²) in [5.74, 6) is 0.873. The van der Waals surface area contributed by atoms with E-state index in [1.165, 1.54) is 33.0 Å². The first kappa shape index (κ1) is 36.0. The maximum absolute atomic E-state index is 14.1. The van der Waals surface area contributed by atoms with Gasteiger partial charge >= 0.3 is 0 Å². The molecule has 0 bridgehead atoms. The van der Waals surface area contributed by atoms with Crippen LogP contribution in [0.1, 0.15) is 78.0 Å². The Bertz CT molecular complexity index is 1430. The quantitative estimate of drug-likeness (QED) is 0.268. The molecular formula is C35H54N4O6S. The van der Waals surface area contributed by atoms with Crippen molar-refractivity contribution in [3.8, 4) is 0 Å². The van der Waals surface area contributed by atoms with Crippen molar-refractivity contribution in [3.05, 3.63) is 54.0 Å². The second-order valence-corrected chi connectivity index (χ2v) is 17.6. The van der Waals surface area contributed by atoms with Crippen LogP contribution in [0.2, 0.25) is 0 Å². The van der Waals surface area contributed by atoms with Crippen LogP contribution in [0.25, 0.3) is 0 Å². The van der Waals surface area contributed by atoms with Gasteiger partial charge in [-0.1, -0.05) is 49.6 Å². The Morgan fingerprint density at radius 2 is 1.70 bits per heavy atom. The van der Waals surface area contributed by atoms with Crippen LogP contribution in [0.4, 0.5) is 5.69 Å². The minimum atomic E-state index is -3.71. The van der Waals surface area contributed by atoms with E-state index in [0.29, 0.717) is 36.2 Å². The van der Waals surface area contributed by atoms with Gasteiger partial charge in [-0.3, -0.25) is 14.5 Å². The number of benzene rings is 1. The molecule has 0 spiro atoms. The van der Waals surface area contributed by atoms with Gasteiger partial charge in [-0.2, -0.15) is 0 Å². The first-order chi connectivity index (χ1) is 21.5. The Labute approximate surface area is 275 Å². The van der Waals surface area contributed by atoms with E-state index >= 15 is 0 Å². The van der Waals surface area contributed by atoms with Crippen LogP contribution in [0, 0.1) is 18.8 Å². The summed E-state index contributed by atoms with van der Waals surface area (Å²) in [5, 5.41) is 21.2. The molecule has 1 aromatic carbocycles. The summed E-state index contributed by atoms with van der Waals surface area (Å²) in [6, 6.07) is 8.91. The van der Waals surface area contributed by atoms with Crippen molar-refractivity contribution in [2.45, 2.75) is 115 Å². The number of aryl methyl sites for hydroxylation is 1. The van der Waals surface area contributed by atoms with E-state index in [1.54, 1.807) is 13.0 Å². The van der Waals surface area contributed by atoms with Gasteiger partial charge < -0.3 is 25.5 Å². The number of hydrogen-bond donors (Lipinski definition) is 4. The van der Waals surface area contributed by atoms with Gasteiger partial charge in [0.2, 0.25) is 11.8 Å². The molecule has 4 N–H and O–H groups in total. The standard InChI is InChI=1S/C35H54N4O6S/c1-23-27(17-18-45-23)36-31(35(5,6)46(7,43)44)33(42)37-28(19-24-13-9-8-10-14-24)30(40)22-39-21-26-16-12-11-15-25(26)20-29(39)32(41)38-34(2,3)4/h8-10,13-14,17-18,25-26,28-31,36,40H,11-12,15-16,19-22H2,1-7H3,(H,37,42)(H,38,41)/t25-,26+,28-,29-,30+,31+/m0/s1. The number of fused-ring (bicyclic) bond motifs is 1. The molecule has 2 amide bonds. The molecule has 46 heavy (non-hydrogen) atoms. The van der Waals surface area contributed by atoms with Gasteiger partial charge in [-0.25, -0.2) is 8.42 Å². The molecule has 1 saturated carbocycles. The number of aliphatic hydroxyl groups excluding tert-OH is 1. The smallest absolute Gasteiger partial charge is 0.244 e. The Balaban J connectivity index is 1.62. The third-order valence-electron chi connectivity index (χ3n) is 9.89. The summed E-state index contributed by atoms with van der Waals surface area (Å²) in [7, 11) is -3.71. The zero-order valence-corrected chi connectivity index (χ0v) is 29.3. The molecule has 1 saturated heterocycles. The van der Waals surface area contributed by atoms with Crippen LogP contribution < -0.4 is 16.0 Å². The molecule has 256 valence electrons. The van der Waals surface area contributed by atoms with E-state index in [1.807, 2.05) is 51.1 Å². The number of hydrogen-bond acceptors (Lipinski definition) is 8. The molecule has 0 unspecified atom stereocenters. The van der Waals surface area contributed by atoms with Crippen molar-refractivity contribution in [2.75, 3.05) is 24.7 Å². The number of sulfone groups is 1. The van der Waals surface area contributed by atoms with Gasteiger partial charge in [0, 0.05) is 24.9 Å². The molecule has 2 heterocycles. The number of anilines is 1. The highest BCUT2D eigenvalue weighted by Crippen LogP contribution is 2.39. The number of carbonyl (C=O) groups excluding carboxylic acids is 2. The maximum Gasteiger partial charge on any atom is 0.244 e. The second kappa shape index (κ2) is 14.5. The monoisotopic (exact) mass is 658 g/mol. The summed E-state index contributed by atoms with van der Waals surface area (Å²) in [4.78, 5) is 29.8. The van der Waals surface area contributed by atoms with E-state index in [9.17, 15) is 23.1 Å². The molecule has 2 fully saturated rings. The molecule has 6 atom stereocenters. The van der Waals surface area contributed by atoms with E-state index in [0.717, 1.165) is 31.1 Å². The predicted molar refractivity (Wildman–Crippen MR) is 181 cm³/mol.